The van der Waals surface area contributed by atoms with Gasteiger partial charge in [0.2, 0.25) is 15.9 Å². The SMILES string of the molecule is C[C@H](C(=O)N1CCN(S(=O)(=O)c2ccccc2[N+](=O)[O-])CC1)n1ccnc1. The third-order valence-corrected chi connectivity index (χ3v) is 6.51. The molecule has 0 unspecified atom stereocenters. The van der Waals surface area contributed by atoms with E-state index in [1.54, 1.807) is 35.1 Å². The standard InChI is InChI=1S/C16H19N5O5S/c1-13(19-7-6-17-12-19)16(22)18-8-10-20(11-9-18)27(25,26)15-5-3-2-4-14(15)21(23)24/h2-7,12-13H,8-11H2,1H3/t13-/m1/s1. The third-order valence-electron chi connectivity index (χ3n) is 4.56. The Labute approximate surface area is 156 Å². The molecular weight excluding hydrogens is 374 g/mol. The second-order valence-electron chi connectivity index (χ2n) is 6.14. The predicted octanol–water partition coefficient (Wildman–Crippen LogP) is 0.885. The van der Waals surface area contributed by atoms with E-state index in [-0.39, 0.29) is 37.0 Å². The number of nitro benzene ring substituents is 1. The Morgan fingerprint density at radius 2 is 1.89 bits per heavy atom. The number of aromatic nitrogens is 2. The summed E-state index contributed by atoms with van der Waals surface area (Å²) in [5.74, 6) is -0.129. The Morgan fingerprint density at radius 3 is 2.48 bits per heavy atom. The van der Waals surface area contributed by atoms with Gasteiger partial charge >= 0.3 is 0 Å². The summed E-state index contributed by atoms with van der Waals surface area (Å²) in [6, 6.07) is 4.83. The van der Waals surface area contributed by atoms with Crippen LogP contribution in [0.3, 0.4) is 0 Å². The van der Waals surface area contributed by atoms with Gasteiger partial charge in [0, 0.05) is 44.6 Å². The molecule has 27 heavy (non-hydrogen) atoms. The van der Waals surface area contributed by atoms with Gasteiger partial charge in [0.05, 0.1) is 11.3 Å². The number of nitro groups is 1. The Kier molecular flexibility index (Phi) is 5.24. The van der Waals surface area contributed by atoms with Crippen molar-refractivity contribution in [3.63, 3.8) is 0 Å². The van der Waals surface area contributed by atoms with E-state index < -0.39 is 26.7 Å². The Bertz CT molecular complexity index is 936. The summed E-state index contributed by atoms with van der Waals surface area (Å²) < 4.78 is 28.5. The van der Waals surface area contributed by atoms with E-state index >= 15 is 0 Å². The quantitative estimate of drug-likeness (QED) is 0.550. The van der Waals surface area contributed by atoms with Crippen LogP contribution in [0.1, 0.15) is 13.0 Å². The minimum atomic E-state index is -4.01. The summed E-state index contributed by atoms with van der Waals surface area (Å²) in [4.78, 5) is 28.2. The Hall–Kier alpha value is -2.79. The topological polar surface area (TPSA) is 119 Å². The molecule has 1 aliphatic heterocycles. The van der Waals surface area contributed by atoms with Gasteiger partial charge < -0.3 is 9.47 Å². The fourth-order valence-corrected chi connectivity index (χ4v) is 4.58. The fourth-order valence-electron chi connectivity index (χ4n) is 3.00. The van der Waals surface area contributed by atoms with Crippen LogP contribution >= 0.6 is 0 Å². The van der Waals surface area contributed by atoms with Crippen LogP contribution in [0.5, 0.6) is 0 Å². The van der Waals surface area contributed by atoms with Crippen LogP contribution in [0.25, 0.3) is 0 Å². The Balaban J connectivity index is 1.72. The molecular formula is C16H19N5O5S. The van der Waals surface area contributed by atoms with E-state index in [1.807, 2.05) is 0 Å². The number of carbonyl (C=O) groups is 1. The third kappa shape index (κ3) is 3.69. The zero-order chi connectivity index (χ0) is 19.6. The van der Waals surface area contributed by atoms with Gasteiger partial charge in [0.15, 0.2) is 4.90 Å². The smallest absolute Gasteiger partial charge is 0.289 e. The second-order valence-corrected chi connectivity index (χ2v) is 8.05. The molecule has 1 fully saturated rings. The Morgan fingerprint density at radius 1 is 1.22 bits per heavy atom. The molecule has 1 atom stereocenters. The van der Waals surface area contributed by atoms with Crippen molar-refractivity contribution in [2.75, 3.05) is 26.2 Å². The molecule has 1 aromatic heterocycles. The van der Waals surface area contributed by atoms with Crippen LogP contribution in [0, 0.1) is 10.1 Å². The molecule has 0 radical (unpaired) electrons. The first-order valence-electron chi connectivity index (χ1n) is 8.32. The van der Waals surface area contributed by atoms with Gasteiger partial charge in [-0.25, -0.2) is 13.4 Å². The maximum Gasteiger partial charge on any atom is 0.289 e. The first-order chi connectivity index (χ1) is 12.8. The fraction of sp³-hybridized carbons (Fsp3) is 0.375. The lowest BCUT2D eigenvalue weighted by Crippen LogP contribution is -2.51. The number of imidazole rings is 1. The highest BCUT2D eigenvalue weighted by atomic mass is 32.2. The molecule has 1 aliphatic rings. The van der Waals surface area contributed by atoms with Crippen LogP contribution in [0.15, 0.2) is 47.9 Å². The van der Waals surface area contributed by atoms with Gasteiger partial charge in [-0.2, -0.15) is 4.31 Å². The van der Waals surface area contributed by atoms with Crippen molar-refractivity contribution in [2.24, 2.45) is 0 Å². The largest absolute Gasteiger partial charge is 0.338 e. The summed E-state index contributed by atoms with van der Waals surface area (Å²) in [6.07, 6.45) is 4.83. The molecule has 0 aliphatic carbocycles. The highest BCUT2D eigenvalue weighted by Gasteiger charge is 2.35. The number of hydrogen-bond donors (Lipinski definition) is 0. The van der Waals surface area contributed by atoms with Gasteiger partial charge in [-0.05, 0) is 13.0 Å². The molecule has 1 amide bonds. The van der Waals surface area contributed by atoms with Crippen molar-refractivity contribution >= 4 is 21.6 Å². The van der Waals surface area contributed by atoms with Crippen LogP contribution < -0.4 is 0 Å². The van der Waals surface area contributed by atoms with E-state index in [4.69, 9.17) is 0 Å². The number of sulfonamides is 1. The molecule has 11 heteroatoms. The predicted molar refractivity (Wildman–Crippen MR) is 95.4 cm³/mol. The molecule has 3 rings (SSSR count). The van der Waals surface area contributed by atoms with Crippen LogP contribution in [-0.4, -0.2) is 64.2 Å². The van der Waals surface area contributed by atoms with E-state index in [0.717, 1.165) is 0 Å². The van der Waals surface area contributed by atoms with Crippen molar-refractivity contribution in [1.82, 2.24) is 18.8 Å². The van der Waals surface area contributed by atoms with Crippen molar-refractivity contribution in [1.29, 1.82) is 0 Å². The maximum atomic E-state index is 12.8. The molecule has 1 aromatic carbocycles. The zero-order valence-electron chi connectivity index (χ0n) is 14.6. The molecule has 1 saturated heterocycles. The molecule has 10 nitrogen and oxygen atoms in total. The summed E-state index contributed by atoms with van der Waals surface area (Å²) in [5.41, 5.74) is -0.454. The number of hydrogen-bond acceptors (Lipinski definition) is 6. The summed E-state index contributed by atoms with van der Waals surface area (Å²) in [5, 5.41) is 11.1. The molecule has 0 bridgehead atoms. The number of piperazine rings is 1. The van der Waals surface area contributed by atoms with Crippen molar-refractivity contribution < 1.29 is 18.1 Å². The number of carbonyl (C=O) groups excluding carboxylic acids is 1. The normalized spacial score (nSPS) is 16.9. The number of rotatable bonds is 5. The lowest BCUT2D eigenvalue weighted by atomic mass is 10.2. The number of para-hydroxylation sites is 1. The minimum Gasteiger partial charge on any atom is -0.338 e. The van der Waals surface area contributed by atoms with E-state index in [1.165, 1.54) is 28.6 Å². The zero-order valence-corrected chi connectivity index (χ0v) is 15.4. The molecule has 144 valence electrons. The average Bonchev–Trinajstić information content (AvgIpc) is 3.21. The summed E-state index contributed by atoms with van der Waals surface area (Å²) in [7, 11) is -4.01. The van der Waals surface area contributed by atoms with Crippen molar-refractivity contribution in [2.45, 2.75) is 17.9 Å². The maximum absolute atomic E-state index is 12.8. The van der Waals surface area contributed by atoms with Crippen LogP contribution in [0.4, 0.5) is 5.69 Å². The molecule has 0 spiro atoms. The van der Waals surface area contributed by atoms with Crippen LogP contribution in [-0.2, 0) is 14.8 Å². The lowest BCUT2D eigenvalue weighted by molar-refractivity contribution is -0.387. The second kappa shape index (κ2) is 7.45. The molecule has 2 heterocycles. The first kappa shape index (κ1) is 19.0. The molecule has 0 N–H and O–H groups in total. The number of amides is 1. The van der Waals surface area contributed by atoms with Gasteiger partial charge in [0.1, 0.15) is 6.04 Å². The summed E-state index contributed by atoms with van der Waals surface area (Å²) in [6.45, 7) is 2.35. The van der Waals surface area contributed by atoms with Gasteiger partial charge in [-0.1, -0.05) is 12.1 Å². The number of nitrogens with zero attached hydrogens (tertiary/aromatic N) is 5. The molecule has 2 aromatic rings. The average molecular weight is 393 g/mol. The van der Waals surface area contributed by atoms with E-state index in [2.05, 4.69) is 4.98 Å². The number of benzene rings is 1. The highest BCUT2D eigenvalue weighted by Crippen LogP contribution is 2.27. The first-order valence-corrected chi connectivity index (χ1v) is 9.76. The minimum absolute atomic E-state index is 0.0801. The monoisotopic (exact) mass is 393 g/mol. The van der Waals surface area contributed by atoms with E-state index in [9.17, 15) is 23.3 Å². The van der Waals surface area contributed by atoms with Crippen molar-refractivity contribution in [3.8, 4) is 0 Å². The van der Waals surface area contributed by atoms with Gasteiger partial charge in [0.25, 0.3) is 5.69 Å². The lowest BCUT2D eigenvalue weighted by Gasteiger charge is -2.35. The van der Waals surface area contributed by atoms with E-state index in [0.29, 0.717) is 0 Å². The van der Waals surface area contributed by atoms with Gasteiger partial charge in [-0.3, -0.25) is 14.9 Å². The van der Waals surface area contributed by atoms with Crippen LogP contribution in [0.2, 0.25) is 0 Å². The summed E-state index contributed by atoms with van der Waals surface area (Å²) >= 11 is 0. The van der Waals surface area contributed by atoms with Crippen molar-refractivity contribution in [3.05, 3.63) is 53.1 Å². The highest BCUT2D eigenvalue weighted by molar-refractivity contribution is 7.89. The molecule has 0 saturated carbocycles. The van der Waals surface area contributed by atoms with Gasteiger partial charge in [-0.15, -0.1) is 0 Å².